The van der Waals surface area contributed by atoms with Gasteiger partial charge in [0.2, 0.25) is 0 Å². The number of nitrogens with zero attached hydrogens (tertiary/aromatic N) is 2. The number of carbonyl (C=O) groups is 1. The van der Waals surface area contributed by atoms with Crippen LogP contribution in [-0.4, -0.2) is 61.1 Å². The molecule has 2 saturated heterocycles. The summed E-state index contributed by atoms with van der Waals surface area (Å²) in [7, 11) is 3.99. The molecule has 23 heavy (non-hydrogen) atoms. The van der Waals surface area contributed by atoms with Gasteiger partial charge in [0.05, 0.1) is 6.61 Å². The molecule has 1 atom stereocenters. The molecule has 1 spiro atoms. The van der Waals surface area contributed by atoms with Crippen LogP contribution in [0.5, 0.6) is 0 Å². The van der Waals surface area contributed by atoms with Gasteiger partial charge in [0.1, 0.15) is 0 Å². The summed E-state index contributed by atoms with van der Waals surface area (Å²) < 4.78 is 5.34. The predicted octanol–water partition coefficient (Wildman–Crippen LogP) is 3.06. The van der Waals surface area contributed by atoms with Gasteiger partial charge in [-0.3, -0.25) is 9.69 Å². The molecule has 0 aliphatic carbocycles. The van der Waals surface area contributed by atoms with Gasteiger partial charge in [0.15, 0.2) is 0 Å². The molecule has 2 heterocycles. The Kier molecular flexibility index (Phi) is 4.95. The maximum atomic E-state index is 12.6. The van der Waals surface area contributed by atoms with Crippen molar-refractivity contribution in [3.8, 4) is 0 Å². The molecule has 1 aromatic rings. The number of carbonyl (C=O) groups excluding carboxylic acids is 1. The van der Waals surface area contributed by atoms with Gasteiger partial charge in [-0.15, -0.1) is 0 Å². The minimum Gasteiger partial charge on any atom is -0.383 e. The highest BCUT2D eigenvalue weighted by molar-refractivity contribution is 6.30. The fourth-order valence-electron chi connectivity index (χ4n) is 4.08. The second-order valence-corrected chi connectivity index (χ2v) is 7.22. The average Bonchev–Trinajstić information content (AvgIpc) is 2.86. The van der Waals surface area contributed by atoms with E-state index in [-0.39, 0.29) is 11.4 Å². The normalized spacial score (nSPS) is 24.3. The quantitative estimate of drug-likeness (QED) is 0.850. The SMILES string of the molecule is COC[C@@H]1CCC2(CCN(C(=O)c3ccc(Cl)cc3)CC2)N1C. The molecule has 0 radical (unpaired) electrons. The first-order valence-electron chi connectivity index (χ1n) is 8.32. The van der Waals surface area contributed by atoms with Crippen molar-refractivity contribution in [1.29, 1.82) is 0 Å². The molecule has 0 N–H and O–H groups in total. The zero-order chi connectivity index (χ0) is 16.4. The number of ether oxygens (including phenoxy) is 1. The maximum absolute atomic E-state index is 12.6. The van der Waals surface area contributed by atoms with Crippen LogP contribution in [0.15, 0.2) is 24.3 Å². The molecule has 2 aliphatic heterocycles. The Balaban J connectivity index is 1.62. The van der Waals surface area contributed by atoms with E-state index in [9.17, 15) is 4.79 Å². The van der Waals surface area contributed by atoms with E-state index in [1.807, 2.05) is 17.0 Å². The number of benzene rings is 1. The Morgan fingerprint density at radius 1 is 1.26 bits per heavy atom. The number of hydrogen-bond acceptors (Lipinski definition) is 3. The van der Waals surface area contributed by atoms with E-state index < -0.39 is 0 Å². The lowest BCUT2D eigenvalue weighted by molar-refractivity contribution is 0.0273. The van der Waals surface area contributed by atoms with Gasteiger partial charge in [0.25, 0.3) is 5.91 Å². The Labute approximate surface area is 143 Å². The third kappa shape index (κ3) is 3.25. The Morgan fingerprint density at radius 2 is 1.91 bits per heavy atom. The standard InChI is InChI=1S/C18H25ClN2O2/c1-20-16(13-23-2)7-8-18(20)9-11-21(12-10-18)17(22)14-3-5-15(19)6-4-14/h3-6,16H,7-13H2,1-2H3/t16-/m0/s1. The summed E-state index contributed by atoms with van der Waals surface area (Å²) in [5, 5.41) is 0.663. The van der Waals surface area contributed by atoms with E-state index in [4.69, 9.17) is 16.3 Å². The van der Waals surface area contributed by atoms with Crippen molar-refractivity contribution in [3.05, 3.63) is 34.9 Å². The monoisotopic (exact) mass is 336 g/mol. The number of rotatable bonds is 3. The lowest BCUT2D eigenvalue weighted by atomic mass is 9.85. The van der Waals surface area contributed by atoms with Crippen LogP contribution in [0.1, 0.15) is 36.0 Å². The number of amides is 1. The molecule has 2 aliphatic rings. The largest absolute Gasteiger partial charge is 0.383 e. The number of likely N-dealkylation sites (N-methyl/N-ethyl adjacent to an activating group) is 1. The first-order chi connectivity index (χ1) is 11.1. The highest BCUT2D eigenvalue weighted by atomic mass is 35.5. The minimum atomic E-state index is 0.116. The maximum Gasteiger partial charge on any atom is 0.253 e. The van der Waals surface area contributed by atoms with Gasteiger partial charge in [-0.1, -0.05) is 11.6 Å². The lowest BCUT2D eigenvalue weighted by Gasteiger charge is -2.45. The van der Waals surface area contributed by atoms with Gasteiger partial charge in [-0.05, 0) is 57.0 Å². The summed E-state index contributed by atoms with van der Waals surface area (Å²) >= 11 is 5.90. The number of likely N-dealkylation sites (tertiary alicyclic amines) is 2. The third-order valence-electron chi connectivity index (χ3n) is 5.67. The molecule has 5 heteroatoms. The van der Waals surface area contributed by atoms with Crippen LogP contribution in [0.4, 0.5) is 0 Å². The van der Waals surface area contributed by atoms with Crippen molar-refractivity contribution in [3.63, 3.8) is 0 Å². The molecule has 0 bridgehead atoms. The van der Waals surface area contributed by atoms with Gasteiger partial charge < -0.3 is 9.64 Å². The number of hydrogen-bond donors (Lipinski definition) is 0. The predicted molar refractivity (Wildman–Crippen MR) is 92.0 cm³/mol. The van der Waals surface area contributed by atoms with Gasteiger partial charge in [-0.2, -0.15) is 0 Å². The van der Waals surface area contributed by atoms with Crippen LogP contribution in [0, 0.1) is 0 Å². The van der Waals surface area contributed by atoms with Crippen molar-refractivity contribution < 1.29 is 9.53 Å². The van der Waals surface area contributed by atoms with Crippen LogP contribution >= 0.6 is 11.6 Å². The van der Waals surface area contributed by atoms with E-state index in [1.165, 1.54) is 12.8 Å². The van der Waals surface area contributed by atoms with Crippen LogP contribution < -0.4 is 0 Å². The number of piperidine rings is 1. The van der Waals surface area contributed by atoms with Crippen molar-refractivity contribution in [2.45, 2.75) is 37.3 Å². The summed E-state index contributed by atoms with van der Waals surface area (Å²) in [5.41, 5.74) is 0.974. The molecule has 0 aromatic heterocycles. The van der Waals surface area contributed by atoms with E-state index in [0.29, 0.717) is 11.1 Å². The Hall–Kier alpha value is -1.10. The van der Waals surface area contributed by atoms with Crippen molar-refractivity contribution in [2.24, 2.45) is 0 Å². The smallest absolute Gasteiger partial charge is 0.253 e. The fourth-order valence-corrected chi connectivity index (χ4v) is 4.21. The van der Waals surface area contributed by atoms with Gasteiger partial charge >= 0.3 is 0 Å². The molecular weight excluding hydrogens is 312 g/mol. The first kappa shape index (κ1) is 16.7. The summed E-state index contributed by atoms with van der Waals surface area (Å²) in [6.07, 6.45) is 4.49. The molecule has 126 valence electrons. The van der Waals surface area contributed by atoms with Crippen molar-refractivity contribution in [2.75, 3.05) is 33.9 Å². The molecule has 1 amide bonds. The molecular formula is C18H25ClN2O2. The lowest BCUT2D eigenvalue weighted by Crippen LogP contribution is -2.54. The van der Waals surface area contributed by atoms with Crippen LogP contribution in [-0.2, 0) is 4.74 Å². The Bertz CT molecular complexity index is 553. The summed E-state index contributed by atoms with van der Waals surface area (Å²) in [6.45, 7) is 2.45. The zero-order valence-electron chi connectivity index (χ0n) is 13.9. The van der Waals surface area contributed by atoms with E-state index in [0.717, 1.165) is 38.1 Å². The minimum absolute atomic E-state index is 0.116. The van der Waals surface area contributed by atoms with Crippen molar-refractivity contribution >= 4 is 17.5 Å². The molecule has 0 saturated carbocycles. The molecule has 1 aromatic carbocycles. The van der Waals surface area contributed by atoms with E-state index >= 15 is 0 Å². The van der Waals surface area contributed by atoms with Crippen LogP contribution in [0.3, 0.4) is 0 Å². The van der Waals surface area contributed by atoms with Crippen LogP contribution in [0.2, 0.25) is 5.02 Å². The highest BCUT2D eigenvalue weighted by Crippen LogP contribution is 2.40. The van der Waals surface area contributed by atoms with Crippen molar-refractivity contribution in [1.82, 2.24) is 9.80 Å². The first-order valence-corrected chi connectivity index (χ1v) is 8.70. The third-order valence-corrected chi connectivity index (χ3v) is 5.92. The molecule has 3 rings (SSSR count). The highest BCUT2D eigenvalue weighted by Gasteiger charge is 2.46. The summed E-state index contributed by atoms with van der Waals surface area (Å²) in [4.78, 5) is 17.1. The molecule has 0 unspecified atom stereocenters. The second kappa shape index (κ2) is 6.80. The van der Waals surface area contributed by atoms with E-state index in [2.05, 4.69) is 11.9 Å². The average molecular weight is 337 g/mol. The van der Waals surface area contributed by atoms with Gasteiger partial charge in [-0.25, -0.2) is 0 Å². The number of halogens is 1. The topological polar surface area (TPSA) is 32.8 Å². The van der Waals surface area contributed by atoms with Gasteiger partial charge in [0, 0.05) is 42.4 Å². The van der Waals surface area contributed by atoms with E-state index in [1.54, 1.807) is 19.2 Å². The summed E-state index contributed by atoms with van der Waals surface area (Å²) in [6, 6.07) is 7.69. The molecule has 2 fully saturated rings. The molecule has 4 nitrogen and oxygen atoms in total. The Morgan fingerprint density at radius 3 is 2.52 bits per heavy atom. The summed E-state index contributed by atoms with van der Waals surface area (Å²) in [5.74, 6) is 0.116. The number of methoxy groups -OCH3 is 1. The van der Waals surface area contributed by atoms with Crippen LogP contribution in [0.25, 0.3) is 0 Å². The zero-order valence-corrected chi connectivity index (χ0v) is 14.7. The fraction of sp³-hybridized carbons (Fsp3) is 0.611. The second-order valence-electron chi connectivity index (χ2n) is 6.78.